The molecule has 0 aromatic heterocycles. The van der Waals surface area contributed by atoms with Crippen LogP contribution in [0.4, 0.5) is 0 Å². The van der Waals surface area contributed by atoms with Crippen molar-refractivity contribution in [1.29, 1.82) is 0 Å². The third kappa shape index (κ3) is 1.83. The molecular formula is C11H18BrNO. The van der Waals surface area contributed by atoms with E-state index in [0.29, 0.717) is 5.41 Å². The molecule has 1 heterocycles. The van der Waals surface area contributed by atoms with Gasteiger partial charge in [0.05, 0.1) is 0 Å². The van der Waals surface area contributed by atoms with Crippen molar-refractivity contribution in [2.45, 2.75) is 32.6 Å². The summed E-state index contributed by atoms with van der Waals surface area (Å²) in [6.45, 7) is 3.70. The second-order valence-corrected chi connectivity index (χ2v) is 5.60. The minimum atomic E-state index is 0.254. The summed E-state index contributed by atoms with van der Waals surface area (Å²) >= 11 is 3.57. The molecular weight excluding hydrogens is 242 g/mol. The van der Waals surface area contributed by atoms with Crippen LogP contribution < -0.4 is 0 Å². The maximum atomic E-state index is 11.3. The van der Waals surface area contributed by atoms with Crippen LogP contribution in [0.15, 0.2) is 0 Å². The molecule has 0 radical (unpaired) electrons. The van der Waals surface area contributed by atoms with Crippen LogP contribution >= 0.6 is 15.9 Å². The van der Waals surface area contributed by atoms with E-state index in [1.807, 2.05) is 4.90 Å². The molecule has 1 saturated heterocycles. The van der Waals surface area contributed by atoms with Gasteiger partial charge in [-0.1, -0.05) is 15.9 Å². The molecule has 2 rings (SSSR count). The van der Waals surface area contributed by atoms with Crippen molar-refractivity contribution in [3.8, 4) is 0 Å². The van der Waals surface area contributed by atoms with Gasteiger partial charge in [0.15, 0.2) is 0 Å². The number of hydrogen-bond donors (Lipinski definition) is 0. The summed E-state index contributed by atoms with van der Waals surface area (Å²) in [6, 6.07) is 0. The summed E-state index contributed by atoms with van der Waals surface area (Å²) in [6.07, 6.45) is 5.22. The van der Waals surface area contributed by atoms with Crippen LogP contribution in [-0.2, 0) is 4.79 Å². The van der Waals surface area contributed by atoms with E-state index >= 15 is 0 Å². The summed E-state index contributed by atoms with van der Waals surface area (Å²) in [4.78, 5) is 13.3. The summed E-state index contributed by atoms with van der Waals surface area (Å²) in [5, 5.41) is 1.13. The lowest BCUT2D eigenvalue weighted by Gasteiger charge is -2.23. The third-order valence-electron chi connectivity index (χ3n) is 3.91. The fraction of sp³-hybridized carbons (Fsp3) is 0.909. The largest absolute Gasteiger partial charge is 0.342 e. The Morgan fingerprint density at radius 3 is 2.86 bits per heavy atom. The Kier molecular flexibility index (Phi) is 2.87. The third-order valence-corrected chi connectivity index (χ3v) is 4.82. The second-order valence-electron chi connectivity index (χ2n) is 4.95. The molecule has 0 unspecified atom stereocenters. The fourth-order valence-electron chi connectivity index (χ4n) is 3.03. The smallest absolute Gasteiger partial charge is 0.219 e. The van der Waals surface area contributed by atoms with Gasteiger partial charge in [-0.15, -0.1) is 0 Å². The highest BCUT2D eigenvalue weighted by atomic mass is 79.9. The minimum absolute atomic E-state index is 0.254. The molecule has 0 bridgehead atoms. The SMILES string of the molecule is CC(=O)N1CC[C@@]2(CC[C@@H](CBr)C2)C1. The highest BCUT2D eigenvalue weighted by Crippen LogP contribution is 2.48. The number of likely N-dealkylation sites (tertiary alicyclic amines) is 1. The van der Waals surface area contributed by atoms with Crippen molar-refractivity contribution >= 4 is 21.8 Å². The molecule has 1 saturated carbocycles. The molecule has 2 atom stereocenters. The minimum Gasteiger partial charge on any atom is -0.342 e. The predicted molar refractivity (Wildman–Crippen MR) is 60.4 cm³/mol. The Morgan fingerprint density at radius 1 is 1.57 bits per heavy atom. The van der Waals surface area contributed by atoms with Gasteiger partial charge in [-0.2, -0.15) is 0 Å². The molecule has 1 amide bonds. The van der Waals surface area contributed by atoms with Gasteiger partial charge in [0, 0.05) is 25.3 Å². The molecule has 2 aliphatic rings. The van der Waals surface area contributed by atoms with Crippen molar-refractivity contribution < 1.29 is 4.79 Å². The standard InChI is InChI=1S/C11H18BrNO/c1-9(14)13-5-4-11(8-13)3-2-10(6-11)7-12/h10H,2-8H2,1H3/t10-,11-/m1/s1. The zero-order valence-electron chi connectivity index (χ0n) is 8.76. The monoisotopic (exact) mass is 259 g/mol. The number of hydrogen-bond acceptors (Lipinski definition) is 1. The second kappa shape index (κ2) is 3.84. The number of carbonyl (C=O) groups excluding carboxylic acids is 1. The zero-order valence-corrected chi connectivity index (χ0v) is 10.3. The van der Waals surface area contributed by atoms with Crippen molar-refractivity contribution in [2.75, 3.05) is 18.4 Å². The number of carbonyl (C=O) groups is 1. The summed E-state index contributed by atoms with van der Waals surface area (Å²) in [7, 11) is 0. The van der Waals surface area contributed by atoms with Gasteiger partial charge >= 0.3 is 0 Å². The number of halogens is 1. The lowest BCUT2D eigenvalue weighted by molar-refractivity contribution is -0.128. The van der Waals surface area contributed by atoms with Crippen LogP contribution in [0.3, 0.4) is 0 Å². The molecule has 0 aromatic carbocycles. The van der Waals surface area contributed by atoms with E-state index in [0.717, 1.165) is 24.3 Å². The zero-order chi connectivity index (χ0) is 10.2. The molecule has 2 nitrogen and oxygen atoms in total. The maximum Gasteiger partial charge on any atom is 0.219 e. The maximum absolute atomic E-state index is 11.3. The summed E-state index contributed by atoms with van der Waals surface area (Å²) < 4.78 is 0. The van der Waals surface area contributed by atoms with E-state index < -0.39 is 0 Å². The highest BCUT2D eigenvalue weighted by molar-refractivity contribution is 9.09. The first kappa shape index (κ1) is 10.5. The molecule has 3 heteroatoms. The molecule has 1 spiro atoms. The van der Waals surface area contributed by atoms with E-state index in [2.05, 4.69) is 15.9 Å². The first-order valence-electron chi connectivity index (χ1n) is 5.47. The molecule has 0 N–H and O–H groups in total. The first-order valence-corrected chi connectivity index (χ1v) is 6.59. The first-order chi connectivity index (χ1) is 6.65. The van der Waals surface area contributed by atoms with E-state index in [1.165, 1.54) is 25.7 Å². The van der Waals surface area contributed by atoms with Gasteiger partial charge < -0.3 is 4.90 Å². The van der Waals surface area contributed by atoms with Gasteiger partial charge in [-0.3, -0.25) is 4.79 Å². The summed E-state index contributed by atoms with van der Waals surface area (Å²) in [5.41, 5.74) is 0.490. The van der Waals surface area contributed by atoms with E-state index in [4.69, 9.17) is 0 Å². The molecule has 1 aliphatic carbocycles. The Hall–Kier alpha value is -0.0500. The van der Waals surface area contributed by atoms with Crippen molar-refractivity contribution in [3.05, 3.63) is 0 Å². The quantitative estimate of drug-likeness (QED) is 0.663. The van der Waals surface area contributed by atoms with Crippen LogP contribution in [-0.4, -0.2) is 29.2 Å². The topological polar surface area (TPSA) is 20.3 Å². The Labute approximate surface area is 94.2 Å². The normalized spacial score (nSPS) is 37.0. The van der Waals surface area contributed by atoms with Crippen LogP contribution in [0.25, 0.3) is 0 Å². The van der Waals surface area contributed by atoms with Gasteiger partial charge in [-0.25, -0.2) is 0 Å². The fourth-order valence-corrected chi connectivity index (χ4v) is 3.59. The van der Waals surface area contributed by atoms with Crippen LogP contribution in [0.2, 0.25) is 0 Å². The number of rotatable bonds is 1. The van der Waals surface area contributed by atoms with Gasteiger partial charge in [0.1, 0.15) is 0 Å². The van der Waals surface area contributed by atoms with Crippen LogP contribution in [0.1, 0.15) is 32.6 Å². The van der Waals surface area contributed by atoms with Gasteiger partial charge in [-0.05, 0) is 37.0 Å². The average Bonchev–Trinajstić information content (AvgIpc) is 2.74. The molecule has 0 aromatic rings. The van der Waals surface area contributed by atoms with Gasteiger partial charge in [0.2, 0.25) is 5.91 Å². The number of amides is 1. The van der Waals surface area contributed by atoms with E-state index in [-0.39, 0.29) is 5.91 Å². The molecule has 2 fully saturated rings. The van der Waals surface area contributed by atoms with Crippen molar-refractivity contribution in [1.82, 2.24) is 4.90 Å². The Bertz CT molecular complexity index is 243. The number of alkyl halides is 1. The Balaban J connectivity index is 1.97. The average molecular weight is 260 g/mol. The molecule has 1 aliphatic heterocycles. The lowest BCUT2D eigenvalue weighted by atomic mass is 9.85. The van der Waals surface area contributed by atoms with E-state index in [9.17, 15) is 4.79 Å². The Morgan fingerprint density at radius 2 is 2.36 bits per heavy atom. The highest BCUT2D eigenvalue weighted by Gasteiger charge is 2.44. The predicted octanol–water partition coefficient (Wildman–Crippen LogP) is 2.42. The van der Waals surface area contributed by atoms with Crippen molar-refractivity contribution in [2.24, 2.45) is 11.3 Å². The summed E-state index contributed by atoms with van der Waals surface area (Å²) in [5.74, 6) is 1.10. The number of nitrogens with zero attached hydrogens (tertiary/aromatic N) is 1. The van der Waals surface area contributed by atoms with Gasteiger partial charge in [0.25, 0.3) is 0 Å². The van der Waals surface area contributed by atoms with Crippen LogP contribution in [0, 0.1) is 11.3 Å². The lowest BCUT2D eigenvalue weighted by Crippen LogP contribution is -2.29. The molecule has 80 valence electrons. The van der Waals surface area contributed by atoms with E-state index in [1.54, 1.807) is 6.92 Å². The van der Waals surface area contributed by atoms with Crippen LogP contribution in [0.5, 0.6) is 0 Å². The van der Waals surface area contributed by atoms with Crippen molar-refractivity contribution in [3.63, 3.8) is 0 Å². The molecule has 14 heavy (non-hydrogen) atoms.